The minimum atomic E-state index is 0. The molecule has 0 saturated carbocycles. The number of hydrogen-bond acceptors (Lipinski definition) is 6. The molecule has 0 bridgehead atoms. The van der Waals surface area contributed by atoms with Crippen LogP contribution in [0.4, 0.5) is 0 Å². The molecule has 0 aromatic carbocycles. The predicted molar refractivity (Wildman–Crippen MR) is 47.2 cm³/mol. The van der Waals surface area contributed by atoms with E-state index in [1.165, 1.54) is 0 Å². The van der Waals surface area contributed by atoms with Gasteiger partial charge in [0, 0.05) is 73.6 Å². The van der Waals surface area contributed by atoms with Crippen LogP contribution in [0.5, 0.6) is 0 Å². The largest absolute Gasteiger partial charge is 0 e. The summed E-state index contributed by atoms with van der Waals surface area (Å²) in [7, 11) is 0. The fraction of sp³-hybridized carbons (Fsp3) is 0. The van der Waals surface area contributed by atoms with E-state index in [0.717, 1.165) is 0 Å². The Kier molecular flexibility index (Phi) is 13500000. The second kappa shape index (κ2) is 2490000. The van der Waals surface area contributed by atoms with Crippen LogP contribution in [-0.2, 0) is 34.1 Å². The van der Waals surface area contributed by atoms with Crippen LogP contribution in [0.2, 0.25) is 0 Å². The molecule has 1 radical (unpaired) electrons. The molecule has 0 aliphatic carbocycles. The van der Waals surface area contributed by atoms with Crippen molar-refractivity contribution in [2.24, 2.45) is 0 Å². The summed E-state index contributed by atoms with van der Waals surface area (Å²) in [6.45, 7) is 21.0. The van der Waals surface area contributed by atoms with Crippen LogP contribution in [0.3, 0.4) is 0 Å². The van der Waals surface area contributed by atoms with Gasteiger partial charge in [-0.15, -0.1) is 0 Å². The van der Waals surface area contributed by atoms with Gasteiger partial charge in [0.2, 0.25) is 0 Å². The van der Waals surface area contributed by atoms with Crippen LogP contribution in [0.1, 0.15) is 0 Å². The Balaban J connectivity index is -0.00000000396. The fourth-order valence-electron chi connectivity index (χ4n) is 0. The standard InChI is InChI=1S/6CHN.Cs.Fe.Mn.H/c6*1-2;;;;/h6*1H;;;;. The third-order valence-corrected chi connectivity index (χ3v) is 0. The maximum Gasteiger partial charge on any atom is 0 e. The Hall–Kier alpha value is 0.0309. The fourth-order valence-corrected chi connectivity index (χ4v) is 0. The van der Waals surface area contributed by atoms with Gasteiger partial charge in [-0.05, 0) is 0 Å². The molecule has 0 amide bonds. The van der Waals surface area contributed by atoms with Gasteiger partial charge in [0.05, 0.1) is 0 Å². The second-order valence-corrected chi connectivity index (χ2v) is 0. The van der Waals surface area contributed by atoms with E-state index in [2.05, 4.69) is 39.4 Å². The Morgan fingerprint density at radius 2 is 0.400 bits per heavy atom. The van der Waals surface area contributed by atoms with Crippen LogP contribution < -0.4 is 0 Å². The zero-order chi connectivity index (χ0) is 12.0. The number of nitrogens with zero attached hydrogens (tertiary/aromatic N) is 6. The molecule has 0 N–H and O–H groups in total. The predicted octanol–water partition coefficient (Wildman–Crippen LogP) is 0.185. The monoisotopic (exact) mass is 407 g/mol. The maximum atomic E-state index is 6.50. The van der Waals surface area contributed by atoms with Crippen molar-refractivity contribution in [2.75, 3.05) is 0 Å². The summed E-state index contributed by atoms with van der Waals surface area (Å²) in [4.78, 5) is 0. The molecule has 77 valence electrons. The van der Waals surface area contributed by atoms with E-state index in [1.807, 2.05) is 0 Å². The van der Waals surface area contributed by atoms with E-state index in [1.54, 1.807) is 0 Å². The average Bonchev–Trinajstić information content (AvgIpc) is 2.33. The van der Waals surface area contributed by atoms with Gasteiger partial charge in [0.1, 0.15) is 0 Å². The van der Waals surface area contributed by atoms with Gasteiger partial charge in [-0.2, -0.15) is 0 Å². The summed E-state index contributed by atoms with van der Waals surface area (Å²) in [5, 5.41) is 39.0. The molecule has 0 aliphatic rings. The van der Waals surface area contributed by atoms with Crippen molar-refractivity contribution in [2.45, 2.75) is 0 Å². The van der Waals surface area contributed by atoms with Crippen molar-refractivity contribution in [1.82, 2.24) is 0 Å². The van der Waals surface area contributed by atoms with Gasteiger partial charge in [0.15, 0.2) is 0 Å². The summed E-state index contributed by atoms with van der Waals surface area (Å²) < 4.78 is 0. The minimum Gasteiger partial charge on any atom is 0 e. The van der Waals surface area contributed by atoms with E-state index in [4.69, 9.17) is 31.6 Å². The van der Waals surface area contributed by atoms with Gasteiger partial charge in [-0.25, -0.2) is 31.6 Å². The number of hydrogen-bond donors (Lipinski definition) is 0. The summed E-state index contributed by atoms with van der Waals surface area (Å²) >= 11 is 0. The first-order valence-electron chi connectivity index (χ1n) is 1.55. The van der Waals surface area contributed by atoms with Crippen LogP contribution in [-0.4, -0.2) is 68.9 Å². The van der Waals surface area contributed by atoms with E-state index >= 15 is 0 Å². The summed E-state index contributed by atoms with van der Waals surface area (Å²) in [5.74, 6) is 0. The van der Waals surface area contributed by atoms with Crippen LogP contribution >= 0.6 is 0 Å². The molecule has 0 unspecified atom stereocenters. The molecule has 6 nitrogen and oxygen atoms in total. The molecule has 15 heavy (non-hydrogen) atoms. The molecule has 0 rings (SSSR count). The molecule has 0 atom stereocenters. The van der Waals surface area contributed by atoms with Gasteiger partial charge in [-0.3, -0.25) is 0 Å². The third-order valence-electron chi connectivity index (χ3n) is 0. The zero-order valence-electron chi connectivity index (χ0n) is 6.88. The van der Waals surface area contributed by atoms with E-state index in [-0.39, 0.29) is 103 Å². The second-order valence-electron chi connectivity index (χ2n) is 0. The van der Waals surface area contributed by atoms with Gasteiger partial charge < -0.3 is 0 Å². The van der Waals surface area contributed by atoms with Crippen molar-refractivity contribution in [1.29, 1.82) is 31.6 Å². The van der Waals surface area contributed by atoms with Crippen molar-refractivity contribution in [3.05, 3.63) is 0 Å². The Morgan fingerprint density at radius 1 is 0.400 bits per heavy atom. The minimum absolute atomic E-state index is 0. The first kappa shape index (κ1) is 81.4. The molecular weight excluding hydrogens is 400 g/mol. The topological polar surface area (TPSA) is 143 Å². The molecule has 0 saturated heterocycles. The molecule has 0 aliphatic heterocycles. The molecule has 0 aromatic rings. The Labute approximate surface area is 170 Å². The first-order valence-corrected chi connectivity index (χ1v) is 1.55. The molecule has 0 heterocycles. The van der Waals surface area contributed by atoms with Gasteiger partial charge in [-0.1, -0.05) is 0 Å². The average molecular weight is 407 g/mol. The molecular formula is C6H7CsFeMnN6. The zero-order valence-corrected chi connectivity index (χ0v) is 9.16. The first-order chi connectivity index (χ1) is 6.00. The molecule has 9 heteroatoms. The van der Waals surface area contributed by atoms with Crippen molar-refractivity contribution in [3.63, 3.8) is 0 Å². The molecule has 0 spiro atoms. The Bertz CT molecular complexity index is 103. The number of rotatable bonds is 0. The number of nitriles is 6. The molecule has 0 fully saturated rings. The van der Waals surface area contributed by atoms with E-state index in [0.29, 0.717) is 0 Å². The summed E-state index contributed by atoms with van der Waals surface area (Å²) in [5.41, 5.74) is 0. The third kappa shape index (κ3) is 2130000. The van der Waals surface area contributed by atoms with Crippen molar-refractivity contribution in [3.8, 4) is 39.4 Å². The summed E-state index contributed by atoms with van der Waals surface area (Å²) in [6.07, 6.45) is 0. The van der Waals surface area contributed by atoms with Crippen LogP contribution in [0.25, 0.3) is 0 Å². The van der Waals surface area contributed by atoms with Crippen LogP contribution in [0.15, 0.2) is 0 Å². The van der Waals surface area contributed by atoms with Crippen LogP contribution in [0, 0.1) is 71.0 Å². The van der Waals surface area contributed by atoms with Gasteiger partial charge >= 0.3 is 68.9 Å². The SMILES string of the molecule is C#N.C#N.C#N.C#N.C#N.C#N.[CsH].[Fe].[Mn]. The smallest absolute Gasteiger partial charge is 0 e. The van der Waals surface area contributed by atoms with Gasteiger partial charge in [0.25, 0.3) is 0 Å². The summed E-state index contributed by atoms with van der Waals surface area (Å²) in [6, 6.07) is 0. The van der Waals surface area contributed by atoms with E-state index in [9.17, 15) is 0 Å². The quantitative estimate of drug-likeness (QED) is 0.525. The maximum absolute atomic E-state index is 6.50. The van der Waals surface area contributed by atoms with Crippen molar-refractivity contribution < 1.29 is 34.1 Å². The normalized spacial score (nSPS) is 0.800. The Morgan fingerprint density at radius 3 is 0.400 bits per heavy atom. The van der Waals surface area contributed by atoms with Crippen molar-refractivity contribution >= 4 is 68.9 Å². The van der Waals surface area contributed by atoms with E-state index < -0.39 is 0 Å². The molecule has 0 aromatic heterocycles.